The minimum absolute atomic E-state index is 0.0741. The molecule has 4 rings (SSSR count). The maximum atomic E-state index is 12.1. The number of methoxy groups -OCH3 is 2. The van der Waals surface area contributed by atoms with Gasteiger partial charge in [-0.3, -0.25) is 4.68 Å². The van der Waals surface area contributed by atoms with Crippen molar-refractivity contribution < 1.29 is 22.6 Å². The Morgan fingerprint density at radius 1 is 1.19 bits per heavy atom. The van der Waals surface area contributed by atoms with Crippen molar-refractivity contribution in [2.75, 3.05) is 45.1 Å². The summed E-state index contributed by atoms with van der Waals surface area (Å²) in [6.07, 6.45) is 3.09. The van der Waals surface area contributed by atoms with Crippen LogP contribution < -0.4 is 14.4 Å². The van der Waals surface area contributed by atoms with Gasteiger partial charge in [-0.05, 0) is 30.7 Å². The molecule has 32 heavy (non-hydrogen) atoms. The first kappa shape index (κ1) is 22.3. The summed E-state index contributed by atoms with van der Waals surface area (Å²) in [5.74, 6) is 2.04. The maximum Gasteiger partial charge on any atom is 0.183 e. The van der Waals surface area contributed by atoms with Gasteiger partial charge in [0, 0.05) is 36.0 Å². The predicted octanol–water partition coefficient (Wildman–Crippen LogP) is 2.27. The van der Waals surface area contributed by atoms with Crippen LogP contribution in [0.1, 0.15) is 18.1 Å². The second-order valence-corrected chi connectivity index (χ2v) is 10.2. The van der Waals surface area contributed by atoms with Crippen molar-refractivity contribution in [2.24, 2.45) is 0 Å². The van der Waals surface area contributed by atoms with E-state index in [-0.39, 0.29) is 11.8 Å². The highest BCUT2D eigenvalue weighted by molar-refractivity contribution is 7.89. The zero-order chi connectivity index (χ0) is 22.9. The van der Waals surface area contributed by atoms with Crippen LogP contribution in [0, 0.1) is 0 Å². The molecule has 3 heterocycles. The number of aromatic nitrogens is 3. The Labute approximate surface area is 187 Å². The quantitative estimate of drug-likeness (QED) is 0.530. The van der Waals surface area contributed by atoms with Crippen molar-refractivity contribution in [2.45, 2.75) is 25.3 Å². The standard InChI is InChI=1S/C22H28N4O5S/c1-15-13-31-8-7-26(15)21-9-17(14-32(4,27)28)19-12-25(24-22(19)23-21)11-16-5-6-18(29-2)10-20(16)30-3/h5-6,9-10,12,15H,7-8,11,13-14H2,1-4H3/t15-/m1/s1. The fraction of sp³-hybridized carbons (Fsp3) is 0.455. The fourth-order valence-electron chi connectivity index (χ4n) is 3.95. The van der Waals surface area contributed by atoms with Gasteiger partial charge in [0.15, 0.2) is 15.5 Å². The van der Waals surface area contributed by atoms with E-state index in [1.54, 1.807) is 18.9 Å². The van der Waals surface area contributed by atoms with Gasteiger partial charge in [0.05, 0.1) is 45.8 Å². The summed E-state index contributed by atoms with van der Waals surface area (Å²) < 4.78 is 42.3. The third-order valence-electron chi connectivity index (χ3n) is 5.52. The summed E-state index contributed by atoms with van der Waals surface area (Å²) in [4.78, 5) is 6.90. The van der Waals surface area contributed by atoms with Crippen molar-refractivity contribution in [3.63, 3.8) is 0 Å². The molecule has 172 valence electrons. The van der Waals surface area contributed by atoms with Gasteiger partial charge >= 0.3 is 0 Å². The molecule has 0 saturated carbocycles. The SMILES string of the molecule is COc1ccc(Cn2cc3c(CS(C)(=O)=O)cc(N4CCOC[C@H]4C)nc3n2)c(OC)c1. The topological polar surface area (TPSA) is 95.8 Å². The molecule has 0 amide bonds. The van der Waals surface area contributed by atoms with Gasteiger partial charge in [0.2, 0.25) is 0 Å². The molecule has 0 aliphatic carbocycles. The lowest BCUT2D eigenvalue weighted by Crippen LogP contribution is -2.44. The number of fused-ring (bicyclic) bond motifs is 1. The van der Waals surface area contributed by atoms with E-state index >= 15 is 0 Å². The number of nitrogens with zero attached hydrogens (tertiary/aromatic N) is 4. The summed E-state index contributed by atoms with van der Waals surface area (Å²) >= 11 is 0. The molecule has 0 unspecified atom stereocenters. The molecule has 10 heteroatoms. The summed E-state index contributed by atoms with van der Waals surface area (Å²) in [5.41, 5.74) is 2.14. The highest BCUT2D eigenvalue weighted by Gasteiger charge is 2.23. The van der Waals surface area contributed by atoms with Gasteiger partial charge in [-0.25, -0.2) is 13.4 Å². The van der Waals surface area contributed by atoms with Gasteiger partial charge in [-0.1, -0.05) is 0 Å². The summed E-state index contributed by atoms with van der Waals surface area (Å²) in [5, 5.41) is 5.39. The van der Waals surface area contributed by atoms with Crippen LogP contribution >= 0.6 is 0 Å². The van der Waals surface area contributed by atoms with E-state index in [1.807, 2.05) is 30.5 Å². The molecular weight excluding hydrogens is 432 g/mol. The summed E-state index contributed by atoms with van der Waals surface area (Å²) in [6.45, 7) is 4.42. The average Bonchev–Trinajstić information content (AvgIpc) is 3.16. The van der Waals surface area contributed by atoms with Gasteiger partial charge < -0.3 is 19.1 Å². The minimum atomic E-state index is -3.24. The molecule has 1 aromatic carbocycles. The number of benzene rings is 1. The van der Waals surface area contributed by atoms with E-state index in [2.05, 4.69) is 16.9 Å². The number of hydrogen-bond acceptors (Lipinski definition) is 8. The smallest absolute Gasteiger partial charge is 0.183 e. The van der Waals surface area contributed by atoms with Crippen LogP contribution in [0.4, 0.5) is 5.82 Å². The Balaban J connectivity index is 1.75. The third kappa shape index (κ3) is 4.81. The van der Waals surface area contributed by atoms with Crippen molar-refractivity contribution in [1.82, 2.24) is 14.8 Å². The normalized spacial score (nSPS) is 17.0. The molecule has 0 radical (unpaired) electrons. The Hall–Kier alpha value is -2.85. The largest absolute Gasteiger partial charge is 0.497 e. The molecule has 3 aromatic rings. The van der Waals surface area contributed by atoms with Crippen molar-refractivity contribution >= 4 is 26.7 Å². The minimum Gasteiger partial charge on any atom is -0.497 e. The zero-order valence-electron chi connectivity index (χ0n) is 18.7. The highest BCUT2D eigenvalue weighted by Crippen LogP contribution is 2.28. The van der Waals surface area contributed by atoms with Crippen LogP contribution in [0.2, 0.25) is 0 Å². The maximum absolute atomic E-state index is 12.1. The molecule has 1 aliphatic heterocycles. The number of morpholine rings is 1. The first-order valence-corrected chi connectivity index (χ1v) is 12.4. The number of ether oxygens (including phenoxy) is 3. The molecule has 2 aromatic heterocycles. The monoisotopic (exact) mass is 460 g/mol. The van der Waals surface area contributed by atoms with Crippen molar-refractivity contribution in [3.8, 4) is 11.5 Å². The van der Waals surface area contributed by atoms with E-state index < -0.39 is 9.84 Å². The van der Waals surface area contributed by atoms with E-state index in [0.29, 0.717) is 49.0 Å². The molecule has 0 spiro atoms. The Kier molecular flexibility index (Phi) is 6.25. The molecular formula is C22H28N4O5S. The van der Waals surface area contributed by atoms with E-state index in [4.69, 9.17) is 19.2 Å². The van der Waals surface area contributed by atoms with Gasteiger partial charge in [-0.15, -0.1) is 0 Å². The van der Waals surface area contributed by atoms with Crippen LogP contribution in [0.25, 0.3) is 11.0 Å². The van der Waals surface area contributed by atoms with E-state index in [1.165, 1.54) is 6.26 Å². The molecule has 1 atom stereocenters. The first-order valence-electron chi connectivity index (χ1n) is 10.4. The molecule has 0 bridgehead atoms. The van der Waals surface area contributed by atoms with Crippen molar-refractivity contribution in [3.05, 3.63) is 41.6 Å². The Morgan fingerprint density at radius 2 is 2.00 bits per heavy atom. The predicted molar refractivity (Wildman–Crippen MR) is 122 cm³/mol. The third-order valence-corrected chi connectivity index (χ3v) is 6.35. The zero-order valence-corrected chi connectivity index (χ0v) is 19.6. The Bertz CT molecular complexity index is 1220. The molecule has 1 saturated heterocycles. The van der Waals surface area contributed by atoms with Crippen LogP contribution in [-0.4, -0.2) is 69.5 Å². The number of pyridine rings is 1. The Morgan fingerprint density at radius 3 is 2.69 bits per heavy atom. The highest BCUT2D eigenvalue weighted by atomic mass is 32.2. The molecule has 1 aliphatic rings. The number of rotatable bonds is 7. The van der Waals surface area contributed by atoms with E-state index in [0.717, 1.165) is 16.8 Å². The van der Waals surface area contributed by atoms with E-state index in [9.17, 15) is 8.42 Å². The van der Waals surface area contributed by atoms with Crippen LogP contribution in [0.3, 0.4) is 0 Å². The fourth-order valence-corrected chi connectivity index (χ4v) is 4.75. The van der Waals surface area contributed by atoms with Crippen LogP contribution in [0.15, 0.2) is 30.5 Å². The summed E-state index contributed by atoms with van der Waals surface area (Å²) in [6, 6.07) is 7.63. The summed E-state index contributed by atoms with van der Waals surface area (Å²) in [7, 11) is -0.0213. The first-order chi connectivity index (χ1) is 15.3. The number of anilines is 1. The number of hydrogen-bond donors (Lipinski definition) is 0. The molecule has 0 N–H and O–H groups in total. The average molecular weight is 461 g/mol. The second kappa shape index (κ2) is 8.95. The van der Waals surface area contributed by atoms with Crippen LogP contribution in [-0.2, 0) is 26.9 Å². The lowest BCUT2D eigenvalue weighted by atomic mass is 10.1. The molecule has 9 nitrogen and oxygen atoms in total. The van der Waals surface area contributed by atoms with Gasteiger partial charge in [-0.2, -0.15) is 5.10 Å². The lowest BCUT2D eigenvalue weighted by Gasteiger charge is -2.34. The molecule has 1 fully saturated rings. The van der Waals surface area contributed by atoms with Crippen molar-refractivity contribution in [1.29, 1.82) is 0 Å². The van der Waals surface area contributed by atoms with Gasteiger partial charge in [0.1, 0.15) is 17.3 Å². The number of sulfone groups is 1. The second-order valence-electron chi connectivity index (χ2n) is 8.07. The van der Waals surface area contributed by atoms with Crippen LogP contribution in [0.5, 0.6) is 11.5 Å². The van der Waals surface area contributed by atoms with Gasteiger partial charge in [0.25, 0.3) is 0 Å². The lowest BCUT2D eigenvalue weighted by molar-refractivity contribution is 0.0985.